The number of aromatic nitrogens is 2. The molecule has 3 rings (SSSR count). The lowest BCUT2D eigenvalue weighted by atomic mass is 10.1. The van der Waals surface area contributed by atoms with E-state index < -0.39 is 0 Å². The lowest BCUT2D eigenvalue weighted by molar-refractivity contribution is 0.246. The molecule has 0 saturated carbocycles. The molecular formula is C21H26N4. The van der Waals surface area contributed by atoms with Crippen molar-refractivity contribution in [2.24, 2.45) is 5.92 Å². The lowest BCUT2D eigenvalue weighted by Crippen LogP contribution is -2.31. The SMILES string of the molecule is C1=CC(CN(CCCNCc2ccccn2)Cc2ccccn2)C=C1. The van der Waals surface area contributed by atoms with Gasteiger partial charge < -0.3 is 5.32 Å². The average molecular weight is 334 g/mol. The van der Waals surface area contributed by atoms with Crippen LogP contribution in [0.1, 0.15) is 17.8 Å². The highest BCUT2D eigenvalue weighted by molar-refractivity contribution is 5.18. The third kappa shape index (κ3) is 6.25. The van der Waals surface area contributed by atoms with E-state index in [9.17, 15) is 0 Å². The van der Waals surface area contributed by atoms with Gasteiger partial charge in [-0.1, -0.05) is 36.4 Å². The Morgan fingerprint density at radius 3 is 2.32 bits per heavy atom. The zero-order chi connectivity index (χ0) is 17.2. The Morgan fingerprint density at radius 1 is 0.920 bits per heavy atom. The van der Waals surface area contributed by atoms with Crippen LogP contribution in [-0.4, -0.2) is 34.5 Å². The monoisotopic (exact) mass is 334 g/mol. The van der Waals surface area contributed by atoms with Gasteiger partial charge in [-0.3, -0.25) is 14.9 Å². The van der Waals surface area contributed by atoms with Crippen molar-refractivity contribution in [3.8, 4) is 0 Å². The fourth-order valence-electron chi connectivity index (χ4n) is 3.00. The van der Waals surface area contributed by atoms with Crippen LogP contribution in [0.5, 0.6) is 0 Å². The second-order valence-corrected chi connectivity index (χ2v) is 6.34. The number of nitrogens with zero attached hydrogens (tertiary/aromatic N) is 3. The molecule has 0 unspecified atom stereocenters. The number of hydrogen-bond donors (Lipinski definition) is 1. The Labute approximate surface area is 150 Å². The molecule has 2 aromatic rings. The average Bonchev–Trinajstić information content (AvgIpc) is 3.16. The predicted octanol–water partition coefficient (Wildman–Crippen LogP) is 3.20. The third-order valence-electron chi connectivity index (χ3n) is 4.27. The van der Waals surface area contributed by atoms with Crippen LogP contribution in [0.25, 0.3) is 0 Å². The summed E-state index contributed by atoms with van der Waals surface area (Å²) in [5.74, 6) is 0.519. The summed E-state index contributed by atoms with van der Waals surface area (Å²) in [6.07, 6.45) is 13.6. The van der Waals surface area contributed by atoms with Crippen molar-refractivity contribution < 1.29 is 0 Å². The maximum absolute atomic E-state index is 4.48. The van der Waals surface area contributed by atoms with E-state index in [4.69, 9.17) is 0 Å². The van der Waals surface area contributed by atoms with Gasteiger partial charge in [0.05, 0.1) is 11.4 Å². The van der Waals surface area contributed by atoms with Crippen LogP contribution in [0.4, 0.5) is 0 Å². The van der Waals surface area contributed by atoms with E-state index in [1.54, 1.807) is 0 Å². The maximum Gasteiger partial charge on any atom is 0.0543 e. The topological polar surface area (TPSA) is 41.0 Å². The number of hydrogen-bond acceptors (Lipinski definition) is 4. The fourth-order valence-corrected chi connectivity index (χ4v) is 3.00. The highest BCUT2D eigenvalue weighted by atomic mass is 15.1. The zero-order valence-electron chi connectivity index (χ0n) is 14.6. The van der Waals surface area contributed by atoms with E-state index in [0.717, 1.165) is 50.5 Å². The minimum absolute atomic E-state index is 0.519. The molecule has 0 bridgehead atoms. The summed E-state index contributed by atoms with van der Waals surface area (Å²) in [6.45, 7) is 4.83. The van der Waals surface area contributed by atoms with Gasteiger partial charge in [0.1, 0.15) is 0 Å². The van der Waals surface area contributed by atoms with Crippen LogP contribution in [0.2, 0.25) is 0 Å². The summed E-state index contributed by atoms with van der Waals surface area (Å²) in [7, 11) is 0. The van der Waals surface area contributed by atoms with E-state index in [2.05, 4.69) is 62.7 Å². The van der Waals surface area contributed by atoms with Crippen LogP contribution in [0.15, 0.2) is 73.1 Å². The van der Waals surface area contributed by atoms with Gasteiger partial charge in [0.2, 0.25) is 0 Å². The lowest BCUT2D eigenvalue weighted by Gasteiger charge is -2.24. The van der Waals surface area contributed by atoms with Crippen molar-refractivity contribution in [3.63, 3.8) is 0 Å². The third-order valence-corrected chi connectivity index (χ3v) is 4.27. The minimum atomic E-state index is 0.519. The van der Waals surface area contributed by atoms with Crippen molar-refractivity contribution in [2.45, 2.75) is 19.5 Å². The molecule has 130 valence electrons. The highest BCUT2D eigenvalue weighted by Gasteiger charge is 2.12. The van der Waals surface area contributed by atoms with Crippen LogP contribution in [0, 0.1) is 5.92 Å². The van der Waals surface area contributed by atoms with Crippen LogP contribution in [0.3, 0.4) is 0 Å². The molecule has 2 heterocycles. The first kappa shape index (κ1) is 17.5. The van der Waals surface area contributed by atoms with Gasteiger partial charge >= 0.3 is 0 Å². The molecule has 2 aromatic heterocycles. The second kappa shape index (κ2) is 9.87. The van der Waals surface area contributed by atoms with Crippen molar-refractivity contribution in [2.75, 3.05) is 19.6 Å². The maximum atomic E-state index is 4.48. The first-order valence-corrected chi connectivity index (χ1v) is 8.98. The molecule has 0 saturated heterocycles. The van der Waals surface area contributed by atoms with E-state index in [0.29, 0.717) is 5.92 Å². The second-order valence-electron chi connectivity index (χ2n) is 6.34. The van der Waals surface area contributed by atoms with Gasteiger partial charge in [0, 0.05) is 37.9 Å². The Kier molecular flexibility index (Phi) is 6.91. The summed E-state index contributed by atoms with van der Waals surface area (Å²) < 4.78 is 0. The number of pyridine rings is 2. The summed E-state index contributed by atoms with van der Waals surface area (Å²) in [6, 6.07) is 12.2. The molecule has 1 aliphatic rings. The summed E-state index contributed by atoms with van der Waals surface area (Å²) in [5.41, 5.74) is 2.23. The standard InChI is InChI=1S/C21H26N4/c1-2-9-19(8-1)17-25(18-21-11-4-6-14-24-21)15-7-12-22-16-20-10-3-5-13-23-20/h1-6,8-11,13-14,19,22H,7,12,15-18H2. The molecule has 4 heteroatoms. The van der Waals surface area contributed by atoms with Gasteiger partial charge in [0.15, 0.2) is 0 Å². The van der Waals surface area contributed by atoms with Crippen LogP contribution in [-0.2, 0) is 13.1 Å². The first-order chi connectivity index (χ1) is 12.4. The summed E-state index contributed by atoms with van der Waals surface area (Å²) in [4.78, 5) is 11.3. The van der Waals surface area contributed by atoms with Gasteiger partial charge in [0.25, 0.3) is 0 Å². The van der Waals surface area contributed by atoms with Gasteiger partial charge in [-0.05, 0) is 43.8 Å². The van der Waals surface area contributed by atoms with Crippen molar-refractivity contribution in [3.05, 3.63) is 84.5 Å². The van der Waals surface area contributed by atoms with Gasteiger partial charge in [-0.25, -0.2) is 0 Å². The molecule has 25 heavy (non-hydrogen) atoms. The molecule has 0 aromatic carbocycles. The smallest absolute Gasteiger partial charge is 0.0543 e. The Balaban J connectivity index is 1.43. The Hall–Kier alpha value is -2.30. The molecule has 0 aliphatic heterocycles. The summed E-state index contributed by atoms with van der Waals surface area (Å²) in [5, 5.41) is 3.48. The highest BCUT2D eigenvalue weighted by Crippen LogP contribution is 2.13. The molecule has 1 aliphatic carbocycles. The van der Waals surface area contributed by atoms with Crippen molar-refractivity contribution >= 4 is 0 Å². The van der Waals surface area contributed by atoms with Gasteiger partial charge in [-0.15, -0.1) is 0 Å². The predicted molar refractivity (Wildman–Crippen MR) is 102 cm³/mol. The Morgan fingerprint density at radius 2 is 1.64 bits per heavy atom. The van der Waals surface area contributed by atoms with E-state index in [1.807, 2.05) is 30.6 Å². The molecule has 0 spiro atoms. The normalized spacial score (nSPS) is 13.8. The first-order valence-electron chi connectivity index (χ1n) is 8.98. The summed E-state index contributed by atoms with van der Waals surface area (Å²) >= 11 is 0. The molecule has 0 amide bonds. The molecular weight excluding hydrogens is 308 g/mol. The van der Waals surface area contributed by atoms with Crippen LogP contribution >= 0.6 is 0 Å². The van der Waals surface area contributed by atoms with E-state index >= 15 is 0 Å². The molecule has 4 nitrogen and oxygen atoms in total. The van der Waals surface area contributed by atoms with Crippen molar-refractivity contribution in [1.29, 1.82) is 0 Å². The number of nitrogens with one attached hydrogen (secondary N) is 1. The van der Waals surface area contributed by atoms with E-state index in [-0.39, 0.29) is 0 Å². The zero-order valence-corrected chi connectivity index (χ0v) is 14.6. The largest absolute Gasteiger partial charge is 0.311 e. The molecule has 0 atom stereocenters. The van der Waals surface area contributed by atoms with Crippen LogP contribution < -0.4 is 5.32 Å². The van der Waals surface area contributed by atoms with Crippen molar-refractivity contribution in [1.82, 2.24) is 20.2 Å². The van der Waals surface area contributed by atoms with E-state index in [1.165, 1.54) is 0 Å². The number of rotatable bonds is 10. The quantitative estimate of drug-likeness (QED) is 0.678. The fraction of sp³-hybridized carbons (Fsp3) is 0.333. The Bertz CT molecular complexity index is 655. The molecule has 0 fully saturated rings. The number of allylic oxidation sites excluding steroid dienone is 2. The van der Waals surface area contributed by atoms with Gasteiger partial charge in [-0.2, -0.15) is 0 Å². The minimum Gasteiger partial charge on any atom is -0.311 e. The molecule has 1 N–H and O–H groups in total. The molecule has 0 radical (unpaired) electrons.